The van der Waals surface area contributed by atoms with Crippen molar-refractivity contribution in [1.29, 1.82) is 0 Å². The van der Waals surface area contributed by atoms with Gasteiger partial charge >= 0.3 is 0 Å². The molecule has 23 heavy (non-hydrogen) atoms. The predicted molar refractivity (Wildman–Crippen MR) is 108 cm³/mol. The second-order valence-electron chi connectivity index (χ2n) is 6.56. The van der Waals surface area contributed by atoms with Crippen LogP contribution in [0.25, 0.3) is 0 Å². The largest absolute Gasteiger partial charge is 0.356 e. The number of hydrogen-bond donors (Lipinski definition) is 2. The minimum absolute atomic E-state index is 0. The van der Waals surface area contributed by atoms with Gasteiger partial charge in [-0.2, -0.15) is 0 Å². The van der Waals surface area contributed by atoms with Gasteiger partial charge in [-0.1, -0.05) is 0 Å². The number of fused-ring (bicyclic) bond motifs is 1. The van der Waals surface area contributed by atoms with Gasteiger partial charge in [0.15, 0.2) is 5.96 Å². The number of hydrogen-bond acceptors (Lipinski definition) is 3. The molecule has 1 aromatic heterocycles. The Labute approximate surface area is 160 Å². The lowest BCUT2D eigenvalue weighted by Crippen LogP contribution is -2.48. The summed E-state index contributed by atoms with van der Waals surface area (Å²) < 4.78 is 0. The fourth-order valence-electron chi connectivity index (χ4n) is 2.44. The van der Waals surface area contributed by atoms with Gasteiger partial charge in [0.2, 0.25) is 5.91 Å². The lowest BCUT2D eigenvalue weighted by molar-refractivity contribution is -0.131. The molecule has 1 aliphatic heterocycles. The minimum atomic E-state index is -0.0475. The molecule has 0 radical (unpaired) electrons. The van der Waals surface area contributed by atoms with Crippen LogP contribution in [-0.2, 0) is 17.8 Å². The lowest BCUT2D eigenvalue weighted by atomic mass is 10.1. The highest BCUT2D eigenvalue weighted by atomic mass is 127. The number of rotatable bonds is 3. The van der Waals surface area contributed by atoms with Crippen molar-refractivity contribution in [3.05, 3.63) is 21.9 Å². The topological polar surface area (TPSA) is 56.7 Å². The van der Waals surface area contributed by atoms with Crippen molar-refractivity contribution in [3.8, 4) is 0 Å². The van der Waals surface area contributed by atoms with Crippen molar-refractivity contribution < 1.29 is 4.79 Å². The monoisotopic (exact) mass is 450 g/mol. The molecule has 0 unspecified atom stereocenters. The van der Waals surface area contributed by atoms with E-state index in [4.69, 9.17) is 0 Å². The molecule has 1 aliphatic rings. The van der Waals surface area contributed by atoms with Crippen LogP contribution in [0.15, 0.2) is 16.4 Å². The first-order chi connectivity index (χ1) is 10.4. The first-order valence-corrected chi connectivity index (χ1v) is 8.59. The van der Waals surface area contributed by atoms with Crippen LogP contribution in [0.4, 0.5) is 0 Å². The van der Waals surface area contributed by atoms with Crippen molar-refractivity contribution in [2.75, 3.05) is 20.1 Å². The number of thiophene rings is 1. The third-order valence-corrected chi connectivity index (χ3v) is 4.53. The van der Waals surface area contributed by atoms with Crippen molar-refractivity contribution >= 4 is 47.2 Å². The van der Waals surface area contributed by atoms with E-state index in [1.54, 1.807) is 18.4 Å². The van der Waals surface area contributed by atoms with Gasteiger partial charge in [-0.3, -0.25) is 9.79 Å². The number of amides is 1. The Morgan fingerprint density at radius 2 is 2.17 bits per heavy atom. The van der Waals surface area contributed by atoms with Crippen LogP contribution in [0.2, 0.25) is 0 Å². The number of carbonyl (C=O) groups is 1. The van der Waals surface area contributed by atoms with Crippen LogP contribution < -0.4 is 10.6 Å². The maximum absolute atomic E-state index is 12.3. The van der Waals surface area contributed by atoms with Crippen LogP contribution in [0, 0.1) is 0 Å². The van der Waals surface area contributed by atoms with Gasteiger partial charge < -0.3 is 15.5 Å². The summed E-state index contributed by atoms with van der Waals surface area (Å²) in [4.78, 5) is 19.9. The normalized spacial score (nSPS) is 14.8. The van der Waals surface area contributed by atoms with E-state index >= 15 is 0 Å². The second-order valence-corrected chi connectivity index (χ2v) is 7.56. The zero-order valence-corrected chi connectivity index (χ0v) is 17.5. The SMILES string of the molecule is CN=C(NCCC(=O)N1CCc2sccc2C1)NC(C)(C)C.I. The molecule has 2 rings (SSSR count). The Morgan fingerprint density at radius 3 is 2.83 bits per heavy atom. The summed E-state index contributed by atoms with van der Waals surface area (Å²) in [6, 6.07) is 2.13. The Hall–Kier alpha value is -0.830. The van der Waals surface area contributed by atoms with Gasteiger partial charge in [0.1, 0.15) is 0 Å². The quantitative estimate of drug-likeness (QED) is 0.423. The molecular formula is C16H27IN4OS. The van der Waals surface area contributed by atoms with Gasteiger partial charge in [-0.25, -0.2) is 0 Å². The number of nitrogens with zero attached hydrogens (tertiary/aromatic N) is 2. The summed E-state index contributed by atoms with van der Waals surface area (Å²) in [6.07, 6.45) is 1.48. The molecule has 1 amide bonds. The maximum atomic E-state index is 12.3. The number of nitrogens with one attached hydrogen (secondary N) is 2. The molecule has 2 N–H and O–H groups in total. The van der Waals surface area contributed by atoms with E-state index in [1.165, 1.54) is 10.4 Å². The highest BCUT2D eigenvalue weighted by Crippen LogP contribution is 2.24. The fraction of sp³-hybridized carbons (Fsp3) is 0.625. The number of halogens is 1. The van der Waals surface area contributed by atoms with Crippen molar-refractivity contribution in [2.24, 2.45) is 4.99 Å². The molecule has 0 bridgehead atoms. The van der Waals surface area contributed by atoms with E-state index in [9.17, 15) is 4.79 Å². The molecule has 0 saturated heterocycles. The molecule has 1 aromatic rings. The second kappa shape index (κ2) is 8.86. The molecule has 0 spiro atoms. The highest BCUT2D eigenvalue weighted by Gasteiger charge is 2.21. The Balaban J connectivity index is 0.00000264. The zero-order chi connectivity index (χ0) is 16.2. The van der Waals surface area contributed by atoms with Crippen molar-refractivity contribution in [1.82, 2.24) is 15.5 Å². The van der Waals surface area contributed by atoms with Crippen LogP contribution in [0.3, 0.4) is 0 Å². The van der Waals surface area contributed by atoms with E-state index in [0.29, 0.717) is 13.0 Å². The molecule has 0 atom stereocenters. The molecule has 0 aromatic carbocycles. The highest BCUT2D eigenvalue weighted by molar-refractivity contribution is 14.0. The molecule has 0 aliphatic carbocycles. The van der Waals surface area contributed by atoms with Crippen molar-refractivity contribution in [2.45, 2.75) is 45.7 Å². The van der Waals surface area contributed by atoms with Gasteiger partial charge in [0.25, 0.3) is 0 Å². The first-order valence-electron chi connectivity index (χ1n) is 7.71. The number of carbonyl (C=O) groups excluding carboxylic acids is 1. The first kappa shape index (κ1) is 20.2. The summed E-state index contributed by atoms with van der Waals surface area (Å²) in [5.74, 6) is 0.939. The van der Waals surface area contributed by atoms with Crippen LogP contribution >= 0.6 is 35.3 Å². The van der Waals surface area contributed by atoms with E-state index in [2.05, 4.69) is 47.8 Å². The molecule has 0 saturated carbocycles. The van der Waals surface area contributed by atoms with Crippen molar-refractivity contribution in [3.63, 3.8) is 0 Å². The Kier molecular flexibility index (Phi) is 7.79. The van der Waals surface area contributed by atoms with E-state index in [-0.39, 0.29) is 35.4 Å². The molecular weight excluding hydrogens is 423 g/mol. The Bertz CT molecular complexity index is 551. The third-order valence-electron chi connectivity index (χ3n) is 3.51. The smallest absolute Gasteiger partial charge is 0.224 e. The number of aliphatic imine (C=N–C) groups is 1. The summed E-state index contributed by atoms with van der Waals surface area (Å²) >= 11 is 1.79. The maximum Gasteiger partial charge on any atom is 0.224 e. The molecule has 130 valence electrons. The molecule has 2 heterocycles. The molecule has 7 heteroatoms. The summed E-state index contributed by atoms with van der Waals surface area (Å²) in [6.45, 7) is 8.43. The van der Waals surface area contributed by atoms with E-state index in [0.717, 1.165) is 25.5 Å². The predicted octanol–water partition coefficient (Wildman–Crippen LogP) is 2.60. The minimum Gasteiger partial charge on any atom is -0.356 e. The number of guanidine groups is 1. The lowest BCUT2D eigenvalue weighted by Gasteiger charge is -2.27. The van der Waals surface area contributed by atoms with Gasteiger partial charge in [0.05, 0.1) is 0 Å². The Morgan fingerprint density at radius 1 is 1.43 bits per heavy atom. The standard InChI is InChI=1S/C16H26N4OS.HI/c1-16(2,3)19-15(17-4)18-8-5-14(21)20-9-6-13-12(11-20)7-10-22-13;/h7,10H,5-6,8-9,11H2,1-4H3,(H2,17,18,19);1H. The zero-order valence-electron chi connectivity index (χ0n) is 14.3. The average molecular weight is 450 g/mol. The third kappa shape index (κ3) is 6.29. The molecule has 5 nitrogen and oxygen atoms in total. The van der Waals surface area contributed by atoms with Gasteiger partial charge in [-0.15, -0.1) is 35.3 Å². The van der Waals surface area contributed by atoms with Gasteiger partial charge in [-0.05, 0) is 44.2 Å². The molecule has 0 fully saturated rings. The summed E-state index contributed by atoms with van der Waals surface area (Å²) in [5.41, 5.74) is 1.26. The van der Waals surface area contributed by atoms with Crippen LogP contribution in [-0.4, -0.2) is 42.4 Å². The summed E-state index contributed by atoms with van der Waals surface area (Å²) in [5, 5.41) is 8.60. The average Bonchev–Trinajstić information content (AvgIpc) is 2.92. The van der Waals surface area contributed by atoms with Crippen LogP contribution in [0.5, 0.6) is 0 Å². The van der Waals surface area contributed by atoms with E-state index in [1.807, 2.05) is 4.90 Å². The van der Waals surface area contributed by atoms with Gasteiger partial charge in [0, 0.05) is 43.5 Å². The van der Waals surface area contributed by atoms with Crippen LogP contribution in [0.1, 0.15) is 37.6 Å². The fourth-order valence-corrected chi connectivity index (χ4v) is 3.33. The van der Waals surface area contributed by atoms with E-state index < -0.39 is 0 Å². The summed E-state index contributed by atoms with van der Waals surface area (Å²) in [7, 11) is 1.74.